The van der Waals surface area contributed by atoms with Crippen LogP contribution in [0, 0.1) is 13.8 Å². The van der Waals surface area contributed by atoms with E-state index in [1.807, 2.05) is 12.1 Å². The highest BCUT2D eigenvalue weighted by molar-refractivity contribution is 7.12. The predicted octanol–water partition coefficient (Wildman–Crippen LogP) is 4.08. The van der Waals surface area contributed by atoms with Crippen molar-refractivity contribution in [1.82, 2.24) is 0 Å². The van der Waals surface area contributed by atoms with Crippen molar-refractivity contribution in [3.8, 4) is 5.75 Å². The molecule has 2 aromatic rings. The highest BCUT2D eigenvalue weighted by atomic mass is 35.5. The lowest BCUT2D eigenvalue weighted by Gasteiger charge is -2.13. The third kappa shape index (κ3) is 2.53. The number of rotatable bonds is 3. The van der Waals surface area contributed by atoms with Gasteiger partial charge in [0.2, 0.25) is 0 Å². The van der Waals surface area contributed by atoms with Crippen LogP contribution in [0.15, 0.2) is 24.3 Å². The highest BCUT2D eigenvalue weighted by Crippen LogP contribution is 2.33. The minimum atomic E-state index is -0.180. The van der Waals surface area contributed by atoms with Gasteiger partial charge in [0, 0.05) is 14.8 Å². The van der Waals surface area contributed by atoms with Crippen molar-refractivity contribution in [2.75, 3.05) is 7.11 Å². The standard InChI is InChI=1S/C14H16ClNOS/c1-8-6-13(18-9(8)2)14(16)11-5-4-10(17-3)7-12(11)15/h4-7,14H,16H2,1-3H3. The quantitative estimate of drug-likeness (QED) is 0.920. The largest absolute Gasteiger partial charge is 0.497 e. The third-order valence-electron chi connectivity index (χ3n) is 3.03. The van der Waals surface area contributed by atoms with Gasteiger partial charge in [-0.3, -0.25) is 0 Å². The van der Waals surface area contributed by atoms with Crippen molar-refractivity contribution in [2.24, 2.45) is 5.73 Å². The molecule has 0 amide bonds. The number of halogens is 1. The van der Waals surface area contributed by atoms with E-state index in [0.29, 0.717) is 5.02 Å². The van der Waals surface area contributed by atoms with E-state index in [1.165, 1.54) is 10.4 Å². The summed E-state index contributed by atoms with van der Waals surface area (Å²) >= 11 is 7.97. The second-order valence-corrected chi connectivity index (χ2v) is 5.95. The molecule has 4 heteroatoms. The zero-order valence-electron chi connectivity index (χ0n) is 10.7. The number of benzene rings is 1. The topological polar surface area (TPSA) is 35.2 Å². The number of aryl methyl sites for hydroxylation is 2. The smallest absolute Gasteiger partial charge is 0.120 e. The zero-order chi connectivity index (χ0) is 13.3. The van der Waals surface area contributed by atoms with Gasteiger partial charge in [-0.25, -0.2) is 0 Å². The first-order valence-corrected chi connectivity index (χ1v) is 6.88. The Morgan fingerprint density at radius 2 is 2.00 bits per heavy atom. The van der Waals surface area contributed by atoms with Gasteiger partial charge in [0.05, 0.1) is 13.2 Å². The molecule has 2 N–H and O–H groups in total. The third-order valence-corrected chi connectivity index (χ3v) is 4.60. The number of methoxy groups -OCH3 is 1. The molecule has 0 spiro atoms. The Bertz CT molecular complexity index is 545. The first kappa shape index (κ1) is 13.4. The van der Waals surface area contributed by atoms with Crippen molar-refractivity contribution in [2.45, 2.75) is 19.9 Å². The van der Waals surface area contributed by atoms with Crippen LogP contribution in [-0.2, 0) is 0 Å². The van der Waals surface area contributed by atoms with Crippen LogP contribution >= 0.6 is 22.9 Å². The fourth-order valence-electron chi connectivity index (χ4n) is 1.80. The molecule has 96 valence electrons. The number of ether oxygens (including phenoxy) is 1. The van der Waals surface area contributed by atoms with E-state index >= 15 is 0 Å². The monoisotopic (exact) mass is 281 g/mol. The van der Waals surface area contributed by atoms with Gasteiger partial charge in [0.15, 0.2) is 0 Å². The fraction of sp³-hybridized carbons (Fsp3) is 0.286. The van der Waals surface area contributed by atoms with Gasteiger partial charge in [-0.2, -0.15) is 0 Å². The Morgan fingerprint density at radius 3 is 2.50 bits per heavy atom. The maximum absolute atomic E-state index is 6.28. The predicted molar refractivity (Wildman–Crippen MR) is 77.8 cm³/mol. The SMILES string of the molecule is COc1ccc(C(N)c2cc(C)c(C)s2)c(Cl)c1. The van der Waals surface area contributed by atoms with E-state index in [1.54, 1.807) is 24.5 Å². The van der Waals surface area contributed by atoms with E-state index in [-0.39, 0.29) is 6.04 Å². The van der Waals surface area contributed by atoms with Gasteiger partial charge in [-0.15, -0.1) is 11.3 Å². The van der Waals surface area contributed by atoms with Gasteiger partial charge >= 0.3 is 0 Å². The molecule has 0 fully saturated rings. The molecule has 0 saturated carbocycles. The summed E-state index contributed by atoms with van der Waals surface area (Å²) in [6.07, 6.45) is 0. The van der Waals surface area contributed by atoms with Gasteiger partial charge in [0.25, 0.3) is 0 Å². The second kappa shape index (κ2) is 5.31. The van der Waals surface area contributed by atoms with Crippen molar-refractivity contribution in [1.29, 1.82) is 0 Å². The Balaban J connectivity index is 2.36. The maximum Gasteiger partial charge on any atom is 0.120 e. The van der Waals surface area contributed by atoms with Gasteiger partial charge in [-0.05, 0) is 43.2 Å². The average Bonchev–Trinajstić information content (AvgIpc) is 2.68. The zero-order valence-corrected chi connectivity index (χ0v) is 12.2. The molecule has 0 radical (unpaired) electrons. The minimum Gasteiger partial charge on any atom is -0.497 e. The molecule has 1 aromatic heterocycles. The van der Waals surface area contributed by atoms with Gasteiger partial charge < -0.3 is 10.5 Å². The van der Waals surface area contributed by atoms with Crippen LogP contribution in [0.1, 0.15) is 26.9 Å². The molecule has 2 nitrogen and oxygen atoms in total. The van der Waals surface area contributed by atoms with Crippen LogP contribution in [0.2, 0.25) is 5.02 Å². The number of hydrogen-bond acceptors (Lipinski definition) is 3. The van der Waals surface area contributed by atoms with Crippen LogP contribution in [-0.4, -0.2) is 7.11 Å². The van der Waals surface area contributed by atoms with Crippen LogP contribution in [0.25, 0.3) is 0 Å². The normalized spacial score (nSPS) is 12.5. The summed E-state index contributed by atoms with van der Waals surface area (Å²) in [6.45, 7) is 4.20. The molecular formula is C14H16ClNOS. The molecule has 0 saturated heterocycles. The molecule has 0 aliphatic heterocycles. The summed E-state index contributed by atoms with van der Waals surface area (Å²) in [5.41, 5.74) is 8.48. The van der Waals surface area contributed by atoms with E-state index in [9.17, 15) is 0 Å². The molecular weight excluding hydrogens is 266 g/mol. The van der Waals surface area contributed by atoms with Crippen molar-refractivity contribution >= 4 is 22.9 Å². The number of nitrogens with two attached hydrogens (primary N) is 1. The second-order valence-electron chi connectivity index (χ2n) is 4.25. The molecule has 1 atom stereocenters. The first-order valence-electron chi connectivity index (χ1n) is 5.69. The molecule has 1 heterocycles. The van der Waals surface area contributed by atoms with E-state index in [4.69, 9.17) is 22.1 Å². The number of hydrogen-bond donors (Lipinski definition) is 1. The van der Waals surface area contributed by atoms with E-state index in [0.717, 1.165) is 16.2 Å². The van der Waals surface area contributed by atoms with Crippen molar-refractivity contribution < 1.29 is 4.74 Å². The summed E-state index contributed by atoms with van der Waals surface area (Å²) in [6, 6.07) is 7.56. The Morgan fingerprint density at radius 1 is 1.28 bits per heavy atom. The van der Waals surface area contributed by atoms with E-state index < -0.39 is 0 Å². The van der Waals surface area contributed by atoms with Crippen LogP contribution in [0.5, 0.6) is 5.75 Å². The molecule has 0 bridgehead atoms. The molecule has 1 aromatic carbocycles. The van der Waals surface area contributed by atoms with Gasteiger partial charge in [0.1, 0.15) is 5.75 Å². The molecule has 18 heavy (non-hydrogen) atoms. The summed E-state index contributed by atoms with van der Waals surface area (Å²) in [5, 5.41) is 0.644. The van der Waals surface area contributed by atoms with Gasteiger partial charge in [-0.1, -0.05) is 17.7 Å². The van der Waals surface area contributed by atoms with Crippen LogP contribution in [0.4, 0.5) is 0 Å². The Kier molecular flexibility index (Phi) is 3.95. The minimum absolute atomic E-state index is 0.180. The fourth-order valence-corrected chi connectivity index (χ4v) is 3.15. The lowest BCUT2D eigenvalue weighted by molar-refractivity contribution is 0.414. The Hall–Kier alpha value is -1.03. The summed E-state index contributed by atoms with van der Waals surface area (Å²) in [5.74, 6) is 0.745. The van der Waals surface area contributed by atoms with Crippen molar-refractivity contribution in [3.63, 3.8) is 0 Å². The van der Waals surface area contributed by atoms with Crippen LogP contribution < -0.4 is 10.5 Å². The lowest BCUT2D eigenvalue weighted by atomic mass is 10.1. The molecule has 2 rings (SSSR count). The Labute approximate surface area is 116 Å². The first-order chi connectivity index (χ1) is 8.52. The number of thiophene rings is 1. The average molecular weight is 282 g/mol. The summed E-state index contributed by atoms with van der Waals surface area (Å²) < 4.78 is 5.14. The van der Waals surface area contributed by atoms with E-state index in [2.05, 4.69) is 19.9 Å². The molecule has 1 unspecified atom stereocenters. The summed E-state index contributed by atoms with van der Waals surface area (Å²) in [7, 11) is 1.62. The molecule has 0 aliphatic rings. The lowest BCUT2D eigenvalue weighted by Crippen LogP contribution is -2.10. The maximum atomic E-state index is 6.28. The molecule has 0 aliphatic carbocycles. The van der Waals surface area contributed by atoms with Crippen LogP contribution in [0.3, 0.4) is 0 Å². The summed E-state index contributed by atoms with van der Waals surface area (Å²) in [4.78, 5) is 2.43. The van der Waals surface area contributed by atoms with Crippen molar-refractivity contribution in [3.05, 3.63) is 50.2 Å². The highest BCUT2D eigenvalue weighted by Gasteiger charge is 2.15.